The molecule has 4 heterocycles. The van der Waals surface area contributed by atoms with E-state index in [2.05, 4.69) is 14.4 Å². The van der Waals surface area contributed by atoms with Gasteiger partial charge in [0.05, 0.1) is 18.9 Å². The normalized spacial score (nSPS) is 18.2. The number of benzene rings is 1. The fourth-order valence-corrected chi connectivity index (χ4v) is 4.60. The molecule has 1 aromatic carbocycles. The average Bonchev–Trinajstić information content (AvgIpc) is 3.28. The van der Waals surface area contributed by atoms with Gasteiger partial charge < -0.3 is 24.0 Å². The first-order valence-corrected chi connectivity index (χ1v) is 12.4. The monoisotopic (exact) mass is 509 g/mol. The molecule has 3 aliphatic rings. The first kappa shape index (κ1) is 23.4. The van der Waals surface area contributed by atoms with Gasteiger partial charge in [0, 0.05) is 43.0 Å². The van der Waals surface area contributed by atoms with Crippen LogP contribution in [0.5, 0.6) is 5.75 Å². The van der Waals surface area contributed by atoms with Crippen molar-refractivity contribution in [1.82, 2.24) is 15.3 Å². The number of nitrogens with zero attached hydrogens (tertiary/aromatic N) is 4. The first-order valence-electron chi connectivity index (χ1n) is 11.0. The van der Waals surface area contributed by atoms with Crippen molar-refractivity contribution in [3.05, 3.63) is 53.9 Å². The highest BCUT2D eigenvalue weighted by Gasteiger charge is 2.48. The highest BCUT2D eigenvalue weighted by atomic mass is 32.2. The summed E-state index contributed by atoms with van der Waals surface area (Å²) < 4.78 is 71.3. The number of halogens is 3. The lowest BCUT2D eigenvalue weighted by molar-refractivity contribution is -0.0500. The van der Waals surface area contributed by atoms with Crippen LogP contribution in [0, 0.1) is 0 Å². The van der Waals surface area contributed by atoms with E-state index >= 15 is 0 Å². The van der Waals surface area contributed by atoms with Gasteiger partial charge in [0.15, 0.2) is 0 Å². The molecule has 0 aliphatic carbocycles. The number of hydrogen-bond acceptors (Lipinski definition) is 9. The standard InChI is InChI=1S/C22H22F3N5O4S/c23-22(24,25)35(31,32)34-17-3-1-2-15(14-17)19-18-6-9-30(16-4-7-26-8-5-16)20(18)28-21(27-19)29-10-12-33-13-11-29/h1-5,7,14,26H,6,8-13H2. The number of aromatic nitrogens is 2. The Morgan fingerprint density at radius 1 is 1.11 bits per heavy atom. The maximum absolute atomic E-state index is 12.8. The van der Waals surface area contributed by atoms with Crippen molar-refractivity contribution in [2.75, 3.05) is 49.2 Å². The largest absolute Gasteiger partial charge is 0.534 e. The summed E-state index contributed by atoms with van der Waals surface area (Å²) in [5, 5.41) is 3.12. The minimum atomic E-state index is -5.79. The van der Waals surface area contributed by atoms with Crippen molar-refractivity contribution in [2.24, 2.45) is 0 Å². The van der Waals surface area contributed by atoms with Gasteiger partial charge in [-0.05, 0) is 36.9 Å². The molecular formula is C22H22F3N5O4S. The number of nitrogens with one attached hydrogen (secondary N) is 1. The molecule has 1 fully saturated rings. The predicted octanol–water partition coefficient (Wildman–Crippen LogP) is 2.57. The van der Waals surface area contributed by atoms with Crippen molar-refractivity contribution in [2.45, 2.75) is 11.9 Å². The number of dihydropyridines is 1. The third kappa shape index (κ3) is 4.65. The summed E-state index contributed by atoms with van der Waals surface area (Å²) in [6.07, 6.45) is 6.46. The summed E-state index contributed by atoms with van der Waals surface area (Å²) in [4.78, 5) is 13.7. The van der Waals surface area contributed by atoms with E-state index in [4.69, 9.17) is 14.7 Å². The van der Waals surface area contributed by atoms with Gasteiger partial charge in [-0.25, -0.2) is 4.98 Å². The Balaban J connectivity index is 1.58. The minimum Gasteiger partial charge on any atom is -0.387 e. The van der Waals surface area contributed by atoms with E-state index in [0.717, 1.165) is 17.3 Å². The molecule has 13 heteroatoms. The fourth-order valence-electron chi connectivity index (χ4n) is 4.15. The van der Waals surface area contributed by atoms with Crippen LogP contribution >= 0.6 is 0 Å². The fraction of sp³-hybridized carbons (Fsp3) is 0.364. The van der Waals surface area contributed by atoms with E-state index in [-0.39, 0.29) is 0 Å². The number of ether oxygens (including phenoxy) is 1. The number of fused-ring (bicyclic) bond motifs is 1. The number of hydrogen-bond donors (Lipinski definition) is 1. The minimum absolute atomic E-state index is 0.435. The van der Waals surface area contributed by atoms with E-state index < -0.39 is 21.4 Å². The number of alkyl halides is 3. The Kier molecular flexibility index (Phi) is 6.05. The third-order valence-corrected chi connectivity index (χ3v) is 6.80. The SMILES string of the molecule is O=S(=O)(Oc1cccc(-c2nc(N3CCOCC3)nc3c2CCN3C2=CCNC=C2)c1)C(F)(F)F. The van der Waals surface area contributed by atoms with Crippen molar-refractivity contribution >= 4 is 21.9 Å². The molecule has 0 radical (unpaired) electrons. The van der Waals surface area contributed by atoms with E-state index in [0.29, 0.717) is 68.8 Å². The number of rotatable bonds is 5. The van der Waals surface area contributed by atoms with E-state index in [9.17, 15) is 21.6 Å². The van der Waals surface area contributed by atoms with Gasteiger partial charge in [0.25, 0.3) is 0 Å². The summed E-state index contributed by atoms with van der Waals surface area (Å²) in [6.45, 7) is 3.57. The maximum atomic E-state index is 12.8. The molecule has 9 nitrogen and oxygen atoms in total. The summed E-state index contributed by atoms with van der Waals surface area (Å²) in [7, 11) is -5.79. The molecule has 1 N–H and O–H groups in total. The topological polar surface area (TPSA) is 96.9 Å². The lowest BCUT2D eigenvalue weighted by atomic mass is 10.1. The Morgan fingerprint density at radius 3 is 2.63 bits per heavy atom. The molecular weight excluding hydrogens is 487 g/mol. The van der Waals surface area contributed by atoms with Gasteiger partial charge in [-0.2, -0.15) is 26.6 Å². The van der Waals surface area contributed by atoms with Crippen LogP contribution in [0.3, 0.4) is 0 Å². The second-order valence-corrected chi connectivity index (χ2v) is 9.59. The van der Waals surface area contributed by atoms with Crippen molar-refractivity contribution in [1.29, 1.82) is 0 Å². The zero-order valence-corrected chi connectivity index (χ0v) is 19.3. The molecule has 2 aromatic rings. The maximum Gasteiger partial charge on any atom is 0.534 e. The van der Waals surface area contributed by atoms with Crippen LogP contribution in [-0.2, 0) is 21.3 Å². The summed E-state index contributed by atoms with van der Waals surface area (Å²) >= 11 is 0. The van der Waals surface area contributed by atoms with Crippen molar-refractivity contribution in [3.8, 4) is 17.0 Å². The summed E-state index contributed by atoms with van der Waals surface area (Å²) in [5.74, 6) is 0.740. The van der Waals surface area contributed by atoms with E-state index in [1.54, 1.807) is 6.07 Å². The highest BCUT2D eigenvalue weighted by molar-refractivity contribution is 7.88. The van der Waals surface area contributed by atoms with Crippen molar-refractivity contribution in [3.63, 3.8) is 0 Å². The zero-order valence-electron chi connectivity index (χ0n) is 18.5. The Morgan fingerprint density at radius 2 is 1.91 bits per heavy atom. The molecule has 5 rings (SSSR count). The molecule has 0 saturated carbocycles. The van der Waals surface area contributed by atoms with Gasteiger partial charge in [-0.1, -0.05) is 12.1 Å². The number of anilines is 2. The van der Waals surface area contributed by atoms with E-state index in [1.165, 1.54) is 12.1 Å². The van der Waals surface area contributed by atoms with Gasteiger partial charge in [0.2, 0.25) is 5.95 Å². The lowest BCUT2D eigenvalue weighted by Gasteiger charge is -2.29. The van der Waals surface area contributed by atoms with Crippen LogP contribution in [-0.4, -0.2) is 63.3 Å². The molecule has 0 atom stereocenters. The van der Waals surface area contributed by atoms with Crippen LogP contribution in [0.15, 0.2) is 48.3 Å². The number of allylic oxidation sites excluding steroid dienone is 1. The van der Waals surface area contributed by atoms with Crippen LogP contribution in [0.2, 0.25) is 0 Å². The quantitative estimate of drug-likeness (QED) is 0.482. The average molecular weight is 510 g/mol. The molecule has 0 spiro atoms. The molecule has 0 amide bonds. The lowest BCUT2D eigenvalue weighted by Crippen LogP contribution is -2.37. The highest BCUT2D eigenvalue weighted by Crippen LogP contribution is 2.39. The molecule has 35 heavy (non-hydrogen) atoms. The Labute approximate surface area is 200 Å². The molecule has 0 bridgehead atoms. The van der Waals surface area contributed by atoms with Crippen molar-refractivity contribution < 1.29 is 30.5 Å². The molecule has 3 aliphatic heterocycles. The first-order chi connectivity index (χ1) is 16.7. The van der Waals surface area contributed by atoms with E-state index in [1.807, 2.05) is 23.3 Å². The Hall–Kier alpha value is -3.32. The van der Waals surface area contributed by atoms with Crippen LogP contribution in [0.1, 0.15) is 5.56 Å². The van der Waals surface area contributed by atoms with Crippen LogP contribution in [0.25, 0.3) is 11.3 Å². The summed E-state index contributed by atoms with van der Waals surface area (Å²) in [5.41, 5.74) is -2.77. The zero-order chi connectivity index (χ0) is 24.6. The predicted molar refractivity (Wildman–Crippen MR) is 122 cm³/mol. The molecule has 1 aromatic heterocycles. The molecule has 186 valence electrons. The van der Waals surface area contributed by atoms with Gasteiger partial charge in [0.1, 0.15) is 11.6 Å². The molecule has 1 saturated heterocycles. The van der Waals surface area contributed by atoms with Crippen LogP contribution < -0.4 is 19.3 Å². The number of morpholine rings is 1. The third-order valence-electron chi connectivity index (χ3n) is 5.82. The second kappa shape index (κ2) is 9.04. The second-order valence-electron chi connectivity index (χ2n) is 8.06. The van der Waals surface area contributed by atoms with Gasteiger partial charge in [-0.3, -0.25) is 0 Å². The van der Waals surface area contributed by atoms with Gasteiger partial charge >= 0.3 is 15.6 Å². The van der Waals surface area contributed by atoms with Crippen LogP contribution in [0.4, 0.5) is 24.9 Å². The smallest absolute Gasteiger partial charge is 0.387 e. The van der Waals surface area contributed by atoms with Gasteiger partial charge in [-0.15, -0.1) is 0 Å². The Bertz CT molecular complexity index is 1290. The molecule has 0 unspecified atom stereocenters. The summed E-state index contributed by atoms with van der Waals surface area (Å²) in [6, 6.07) is 5.50.